The molecule has 0 saturated heterocycles. The Labute approximate surface area is 219 Å². The average molecular weight is 508 g/mol. The predicted molar refractivity (Wildman–Crippen MR) is 145 cm³/mol. The first-order chi connectivity index (χ1) is 18.1. The molecule has 6 heteroatoms. The Morgan fingerprint density at radius 1 is 0.865 bits per heavy atom. The van der Waals surface area contributed by atoms with E-state index in [2.05, 4.69) is 11.4 Å². The lowest BCUT2D eigenvalue weighted by Gasteiger charge is -2.26. The van der Waals surface area contributed by atoms with Crippen LogP contribution < -0.4 is 5.32 Å². The normalized spacial score (nSPS) is 15.6. The quantitative estimate of drug-likeness (QED) is 0.230. The number of carbonyl (C=O) groups is 3. The van der Waals surface area contributed by atoms with E-state index in [-0.39, 0.29) is 30.1 Å². The van der Waals surface area contributed by atoms with E-state index in [1.165, 1.54) is 17.3 Å². The summed E-state index contributed by atoms with van der Waals surface area (Å²) in [5.74, 6) is -0.658. The van der Waals surface area contributed by atoms with E-state index in [9.17, 15) is 14.4 Å². The molecule has 2 aliphatic rings. The Morgan fingerprint density at radius 3 is 2.54 bits per heavy atom. The molecule has 4 aromatic carbocycles. The van der Waals surface area contributed by atoms with Gasteiger partial charge in [0.25, 0.3) is 5.91 Å². The van der Waals surface area contributed by atoms with Crippen LogP contribution in [0, 0.1) is 0 Å². The summed E-state index contributed by atoms with van der Waals surface area (Å²) in [6, 6.07) is 25.5. The molecule has 1 atom stereocenters. The van der Waals surface area contributed by atoms with Crippen molar-refractivity contribution in [1.82, 2.24) is 5.32 Å². The molecule has 0 fully saturated rings. The Morgan fingerprint density at radius 2 is 1.65 bits per heavy atom. The molecular weight excluding hydrogens is 482 g/mol. The molecule has 2 aliphatic carbocycles. The molecule has 0 radical (unpaired) electrons. The van der Waals surface area contributed by atoms with Crippen LogP contribution in [0.15, 0.2) is 83.8 Å². The molecule has 4 aromatic rings. The Balaban J connectivity index is 1.11. The summed E-state index contributed by atoms with van der Waals surface area (Å²) in [4.78, 5) is 39.0. The van der Waals surface area contributed by atoms with Crippen molar-refractivity contribution < 1.29 is 19.1 Å². The van der Waals surface area contributed by atoms with Crippen molar-refractivity contribution in [2.45, 2.75) is 30.2 Å². The molecule has 0 unspecified atom stereocenters. The van der Waals surface area contributed by atoms with Gasteiger partial charge in [-0.15, -0.1) is 11.8 Å². The SMILES string of the molecule is O=C(COC(=O)CSc1ccc2c3c(cccc13)C(=O)c1ccccc1-2)N[C@H]1CCCc2ccccc21. The Kier molecular flexibility index (Phi) is 6.26. The highest BCUT2D eigenvalue weighted by atomic mass is 32.2. The summed E-state index contributed by atoms with van der Waals surface area (Å²) in [6.45, 7) is -0.298. The highest BCUT2D eigenvalue weighted by molar-refractivity contribution is 8.00. The van der Waals surface area contributed by atoms with Gasteiger partial charge in [-0.25, -0.2) is 0 Å². The zero-order valence-electron chi connectivity index (χ0n) is 20.2. The van der Waals surface area contributed by atoms with Crippen LogP contribution in [0.2, 0.25) is 0 Å². The van der Waals surface area contributed by atoms with Crippen LogP contribution in [0.5, 0.6) is 0 Å². The Bertz CT molecular complexity index is 1560. The number of nitrogens with one attached hydrogen (secondary N) is 1. The predicted octanol–water partition coefficient (Wildman–Crippen LogP) is 5.88. The summed E-state index contributed by atoms with van der Waals surface area (Å²) in [7, 11) is 0. The maximum absolute atomic E-state index is 13.1. The minimum absolute atomic E-state index is 0.0156. The molecule has 0 aromatic heterocycles. The third-order valence-corrected chi connectivity index (χ3v) is 8.17. The van der Waals surface area contributed by atoms with Crippen LogP contribution in [0.1, 0.15) is 45.9 Å². The Hall–Kier alpha value is -3.90. The number of thioether (sulfide) groups is 1. The number of benzene rings is 4. The van der Waals surface area contributed by atoms with Crippen molar-refractivity contribution in [1.29, 1.82) is 0 Å². The number of carbonyl (C=O) groups excluding carboxylic acids is 3. The van der Waals surface area contributed by atoms with Gasteiger partial charge in [-0.3, -0.25) is 14.4 Å². The van der Waals surface area contributed by atoms with Crippen molar-refractivity contribution in [3.8, 4) is 11.1 Å². The molecule has 0 aliphatic heterocycles. The van der Waals surface area contributed by atoms with Crippen LogP contribution in [-0.2, 0) is 20.7 Å². The highest BCUT2D eigenvalue weighted by Crippen LogP contribution is 2.42. The molecule has 1 N–H and O–H groups in total. The van der Waals surface area contributed by atoms with E-state index in [1.54, 1.807) is 0 Å². The first-order valence-corrected chi connectivity index (χ1v) is 13.4. The van der Waals surface area contributed by atoms with Gasteiger partial charge in [-0.05, 0) is 53.0 Å². The van der Waals surface area contributed by atoms with Gasteiger partial charge in [-0.1, -0.05) is 72.8 Å². The highest BCUT2D eigenvalue weighted by Gasteiger charge is 2.26. The first kappa shape index (κ1) is 23.5. The fraction of sp³-hybridized carbons (Fsp3) is 0.194. The van der Waals surface area contributed by atoms with E-state index in [1.807, 2.05) is 72.8 Å². The summed E-state index contributed by atoms with van der Waals surface area (Å²) in [6.07, 6.45) is 2.92. The summed E-state index contributed by atoms with van der Waals surface area (Å²) >= 11 is 1.35. The smallest absolute Gasteiger partial charge is 0.316 e. The number of aryl methyl sites for hydroxylation is 1. The number of amides is 1. The van der Waals surface area contributed by atoms with Crippen molar-refractivity contribution in [3.63, 3.8) is 0 Å². The molecule has 0 spiro atoms. The molecule has 5 nitrogen and oxygen atoms in total. The van der Waals surface area contributed by atoms with Gasteiger partial charge in [0.2, 0.25) is 0 Å². The minimum atomic E-state index is -0.453. The number of esters is 1. The number of rotatable bonds is 6. The first-order valence-electron chi connectivity index (χ1n) is 12.5. The maximum Gasteiger partial charge on any atom is 0.316 e. The van der Waals surface area contributed by atoms with Crippen LogP contribution in [-0.4, -0.2) is 30.0 Å². The molecule has 37 heavy (non-hydrogen) atoms. The number of ether oxygens (including phenoxy) is 1. The molecule has 6 rings (SSSR count). The van der Waals surface area contributed by atoms with E-state index in [0.717, 1.165) is 51.6 Å². The molecule has 0 bridgehead atoms. The van der Waals surface area contributed by atoms with Gasteiger partial charge in [-0.2, -0.15) is 0 Å². The lowest BCUT2D eigenvalue weighted by molar-refractivity contribution is -0.146. The van der Waals surface area contributed by atoms with Gasteiger partial charge in [0.15, 0.2) is 12.4 Å². The number of hydrogen-bond donors (Lipinski definition) is 1. The number of ketones is 1. The molecule has 184 valence electrons. The molecular formula is C31H25NO4S. The van der Waals surface area contributed by atoms with Gasteiger partial charge in [0.1, 0.15) is 0 Å². The monoisotopic (exact) mass is 507 g/mol. The average Bonchev–Trinajstić information content (AvgIpc) is 2.94. The lowest BCUT2D eigenvalue weighted by atomic mass is 9.83. The van der Waals surface area contributed by atoms with Crippen LogP contribution >= 0.6 is 11.8 Å². The lowest BCUT2D eigenvalue weighted by Crippen LogP contribution is -2.34. The second-order valence-electron chi connectivity index (χ2n) is 9.37. The van der Waals surface area contributed by atoms with Crippen LogP contribution in [0.4, 0.5) is 0 Å². The zero-order chi connectivity index (χ0) is 25.4. The number of hydrogen-bond acceptors (Lipinski definition) is 5. The van der Waals surface area contributed by atoms with E-state index < -0.39 is 5.97 Å². The van der Waals surface area contributed by atoms with Crippen LogP contribution in [0.3, 0.4) is 0 Å². The van der Waals surface area contributed by atoms with Gasteiger partial charge in [0.05, 0.1) is 11.8 Å². The molecule has 0 heterocycles. The second kappa shape index (κ2) is 9.87. The standard InChI is InChI=1S/C31H25NO4S/c33-28(32-26-14-5-8-19-7-1-2-9-20(19)26)17-36-29(34)18-37-27-16-15-22-21-10-3-4-11-23(21)31(35)25-13-6-12-24(27)30(22)25/h1-4,6-7,9-13,15-16,26H,5,8,14,17-18H2,(H,32,33)/t26-/m0/s1. The van der Waals surface area contributed by atoms with Crippen LogP contribution in [0.25, 0.3) is 21.9 Å². The van der Waals surface area contributed by atoms with E-state index in [0.29, 0.717) is 11.1 Å². The second-order valence-corrected chi connectivity index (χ2v) is 10.4. The topological polar surface area (TPSA) is 72.5 Å². The third kappa shape index (κ3) is 4.42. The maximum atomic E-state index is 13.1. The minimum Gasteiger partial charge on any atom is -0.455 e. The van der Waals surface area contributed by atoms with Crippen molar-refractivity contribution in [2.24, 2.45) is 0 Å². The van der Waals surface area contributed by atoms with Gasteiger partial charge < -0.3 is 10.1 Å². The summed E-state index contributed by atoms with van der Waals surface area (Å²) < 4.78 is 5.28. The van der Waals surface area contributed by atoms with E-state index >= 15 is 0 Å². The largest absolute Gasteiger partial charge is 0.455 e. The summed E-state index contributed by atoms with van der Waals surface area (Å²) in [5, 5.41) is 4.86. The van der Waals surface area contributed by atoms with Gasteiger partial charge >= 0.3 is 5.97 Å². The van der Waals surface area contributed by atoms with Crippen molar-refractivity contribution in [3.05, 3.63) is 101 Å². The third-order valence-electron chi connectivity index (χ3n) is 7.12. The fourth-order valence-corrected chi connectivity index (χ4v) is 6.29. The van der Waals surface area contributed by atoms with Crippen molar-refractivity contribution in [2.75, 3.05) is 12.4 Å². The summed E-state index contributed by atoms with van der Waals surface area (Å²) in [5.41, 5.74) is 5.75. The molecule has 1 amide bonds. The van der Waals surface area contributed by atoms with Gasteiger partial charge in [0, 0.05) is 21.4 Å². The molecule has 0 saturated carbocycles. The van der Waals surface area contributed by atoms with E-state index in [4.69, 9.17) is 4.74 Å². The zero-order valence-corrected chi connectivity index (χ0v) is 21.0. The number of fused-ring (bicyclic) bond motifs is 3. The fourth-order valence-electron chi connectivity index (χ4n) is 5.44. The van der Waals surface area contributed by atoms with Crippen molar-refractivity contribution >= 4 is 40.2 Å².